The topological polar surface area (TPSA) is 46.5 Å². The zero-order chi connectivity index (χ0) is 18.0. The lowest BCUT2D eigenvalue weighted by Crippen LogP contribution is -2.20. The molecule has 130 valence electrons. The van der Waals surface area contributed by atoms with Crippen molar-refractivity contribution >= 4 is 5.97 Å². The monoisotopic (exact) mass is 320 g/mol. The van der Waals surface area contributed by atoms with Gasteiger partial charge in [-0.3, -0.25) is 4.79 Å². The molecule has 0 saturated carbocycles. The van der Waals surface area contributed by atoms with E-state index in [1.54, 1.807) is 7.11 Å². The van der Waals surface area contributed by atoms with E-state index in [1.165, 1.54) is 0 Å². The van der Waals surface area contributed by atoms with Crippen LogP contribution < -0.4 is 4.74 Å². The highest BCUT2D eigenvalue weighted by Gasteiger charge is 2.29. The quantitative estimate of drug-likeness (QED) is 0.805. The van der Waals surface area contributed by atoms with Crippen molar-refractivity contribution in [1.29, 1.82) is 0 Å². The molecule has 0 spiro atoms. The maximum Gasteiger partial charge on any atom is 0.303 e. The fourth-order valence-corrected chi connectivity index (χ4v) is 2.93. The second-order valence-corrected chi connectivity index (χ2v) is 8.35. The molecule has 0 bridgehead atoms. The molecule has 0 heterocycles. The van der Waals surface area contributed by atoms with E-state index < -0.39 is 5.97 Å². The van der Waals surface area contributed by atoms with E-state index in [0.29, 0.717) is 0 Å². The Morgan fingerprint density at radius 2 is 1.52 bits per heavy atom. The summed E-state index contributed by atoms with van der Waals surface area (Å²) in [6, 6.07) is 4.29. The van der Waals surface area contributed by atoms with E-state index in [1.807, 2.05) is 6.92 Å². The van der Waals surface area contributed by atoms with Crippen LogP contribution in [0.3, 0.4) is 0 Å². The van der Waals surface area contributed by atoms with E-state index in [4.69, 9.17) is 4.74 Å². The SMILES string of the molecule is CCC(CC(=O)O)c1cc(C(C)(C)C)c(OC)c(C(C)(C)C)c1. The first-order chi connectivity index (χ1) is 10.4. The Hall–Kier alpha value is -1.51. The van der Waals surface area contributed by atoms with Crippen LogP contribution in [0.1, 0.15) is 83.9 Å². The van der Waals surface area contributed by atoms with Gasteiger partial charge in [-0.1, -0.05) is 60.6 Å². The number of benzene rings is 1. The molecule has 1 atom stereocenters. The van der Waals surface area contributed by atoms with Gasteiger partial charge in [0.1, 0.15) is 5.75 Å². The summed E-state index contributed by atoms with van der Waals surface area (Å²) in [5, 5.41) is 9.21. The Labute approximate surface area is 141 Å². The maximum absolute atomic E-state index is 11.2. The molecule has 0 aliphatic rings. The molecular formula is C20H32O3. The van der Waals surface area contributed by atoms with Crippen LogP contribution in [0.25, 0.3) is 0 Å². The van der Waals surface area contributed by atoms with E-state index in [-0.39, 0.29) is 23.2 Å². The van der Waals surface area contributed by atoms with Gasteiger partial charge in [-0.15, -0.1) is 0 Å². The highest BCUT2D eigenvalue weighted by molar-refractivity contribution is 5.68. The predicted molar refractivity (Wildman–Crippen MR) is 95.7 cm³/mol. The molecule has 0 amide bonds. The minimum absolute atomic E-state index is 0.0283. The number of hydrogen-bond donors (Lipinski definition) is 1. The third kappa shape index (κ3) is 4.73. The van der Waals surface area contributed by atoms with E-state index in [2.05, 4.69) is 53.7 Å². The molecule has 1 N–H and O–H groups in total. The zero-order valence-electron chi connectivity index (χ0n) is 15.9. The Balaban J connectivity index is 3.64. The second-order valence-electron chi connectivity index (χ2n) is 8.35. The Morgan fingerprint density at radius 1 is 1.09 bits per heavy atom. The van der Waals surface area contributed by atoms with Crippen LogP contribution in [0.15, 0.2) is 12.1 Å². The first-order valence-electron chi connectivity index (χ1n) is 8.36. The smallest absolute Gasteiger partial charge is 0.303 e. The molecule has 3 nitrogen and oxygen atoms in total. The lowest BCUT2D eigenvalue weighted by molar-refractivity contribution is -0.137. The molecule has 0 aromatic heterocycles. The minimum Gasteiger partial charge on any atom is -0.496 e. The molecule has 0 fully saturated rings. The summed E-state index contributed by atoms with van der Waals surface area (Å²) in [5.74, 6) is 0.210. The summed E-state index contributed by atoms with van der Waals surface area (Å²) in [4.78, 5) is 11.2. The van der Waals surface area contributed by atoms with Gasteiger partial charge in [0.25, 0.3) is 0 Å². The molecular weight excluding hydrogens is 288 g/mol. The van der Waals surface area contributed by atoms with Crippen LogP contribution in [0.5, 0.6) is 5.75 Å². The number of carboxylic acid groups (broad SMARTS) is 1. The van der Waals surface area contributed by atoms with Gasteiger partial charge >= 0.3 is 5.97 Å². The van der Waals surface area contributed by atoms with E-state index in [0.717, 1.165) is 28.9 Å². The summed E-state index contributed by atoms with van der Waals surface area (Å²) >= 11 is 0. The Kier molecular flexibility index (Phi) is 5.89. The van der Waals surface area contributed by atoms with E-state index in [9.17, 15) is 9.90 Å². The number of rotatable bonds is 5. The van der Waals surface area contributed by atoms with Crippen molar-refractivity contribution in [2.75, 3.05) is 7.11 Å². The summed E-state index contributed by atoms with van der Waals surface area (Å²) < 4.78 is 5.76. The van der Waals surface area contributed by atoms with Crippen LogP contribution in [0.2, 0.25) is 0 Å². The standard InChI is InChI=1S/C20H32O3/c1-9-13(12-17(21)22)14-10-15(19(2,3)4)18(23-8)16(11-14)20(5,6)7/h10-11,13H,9,12H2,1-8H3,(H,21,22). The third-order valence-electron chi connectivity index (χ3n) is 4.32. The zero-order valence-corrected chi connectivity index (χ0v) is 15.9. The van der Waals surface area contributed by atoms with Crippen molar-refractivity contribution in [1.82, 2.24) is 0 Å². The third-order valence-corrected chi connectivity index (χ3v) is 4.32. The van der Waals surface area contributed by atoms with Gasteiger partial charge in [0, 0.05) is 11.1 Å². The fraction of sp³-hybridized carbons (Fsp3) is 0.650. The highest BCUT2D eigenvalue weighted by Crippen LogP contribution is 2.42. The van der Waals surface area contributed by atoms with Crippen LogP contribution in [0, 0.1) is 0 Å². The van der Waals surface area contributed by atoms with Crippen molar-refractivity contribution in [2.45, 2.75) is 78.1 Å². The lowest BCUT2D eigenvalue weighted by Gasteiger charge is -2.31. The summed E-state index contributed by atoms with van der Waals surface area (Å²) in [5.41, 5.74) is 3.26. The van der Waals surface area contributed by atoms with Crippen molar-refractivity contribution in [2.24, 2.45) is 0 Å². The maximum atomic E-state index is 11.2. The fourth-order valence-electron chi connectivity index (χ4n) is 2.93. The average Bonchev–Trinajstić information content (AvgIpc) is 2.41. The van der Waals surface area contributed by atoms with Crippen LogP contribution >= 0.6 is 0 Å². The first kappa shape index (κ1) is 19.5. The van der Waals surface area contributed by atoms with Crippen molar-refractivity contribution in [3.05, 3.63) is 28.8 Å². The Morgan fingerprint density at radius 3 is 1.78 bits per heavy atom. The van der Waals surface area contributed by atoms with Crippen LogP contribution in [0.4, 0.5) is 0 Å². The van der Waals surface area contributed by atoms with Crippen LogP contribution in [-0.4, -0.2) is 18.2 Å². The van der Waals surface area contributed by atoms with Crippen molar-refractivity contribution in [3.8, 4) is 5.75 Å². The van der Waals surface area contributed by atoms with Gasteiger partial charge in [-0.25, -0.2) is 0 Å². The molecule has 0 radical (unpaired) electrons. The molecule has 1 rings (SSSR count). The molecule has 1 aromatic carbocycles. The van der Waals surface area contributed by atoms with E-state index >= 15 is 0 Å². The van der Waals surface area contributed by atoms with Crippen molar-refractivity contribution < 1.29 is 14.6 Å². The Bertz CT molecular complexity index is 524. The average molecular weight is 320 g/mol. The minimum atomic E-state index is -0.748. The molecule has 0 aliphatic carbocycles. The molecule has 1 unspecified atom stereocenters. The lowest BCUT2D eigenvalue weighted by atomic mass is 9.76. The molecule has 23 heavy (non-hydrogen) atoms. The number of ether oxygens (including phenoxy) is 1. The number of methoxy groups -OCH3 is 1. The second kappa shape index (κ2) is 6.94. The summed E-state index contributed by atoms with van der Waals surface area (Å²) in [6.07, 6.45) is 0.974. The molecule has 0 aliphatic heterocycles. The van der Waals surface area contributed by atoms with Gasteiger partial charge in [0.15, 0.2) is 0 Å². The summed E-state index contributed by atoms with van der Waals surface area (Å²) in [6.45, 7) is 15.0. The first-order valence-corrected chi connectivity index (χ1v) is 8.36. The molecule has 3 heteroatoms. The van der Waals surface area contributed by atoms with Gasteiger partial charge in [-0.2, -0.15) is 0 Å². The predicted octanol–water partition coefficient (Wildman–Crippen LogP) is 5.26. The molecule has 1 aromatic rings. The number of carboxylic acids is 1. The molecule has 0 saturated heterocycles. The van der Waals surface area contributed by atoms with Crippen LogP contribution in [-0.2, 0) is 15.6 Å². The number of carbonyl (C=O) groups is 1. The highest BCUT2D eigenvalue weighted by atomic mass is 16.5. The number of aliphatic carboxylic acids is 1. The van der Waals surface area contributed by atoms with Gasteiger partial charge in [-0.05, 0) is 28.7 Å². The summed E-state index contributed by atoms with van der Waals surface area (Å²) in [7, 11) is 1.72. The number of hydrogen-bond acceptors (Lipinski definition) is 2. The van der Waals surface area contributed by atoms with Gasteiger partial charge in [0.05, 0.1) is 13.5 Å². The van der Waals surface area contributed by atoms with Crippen molar-refractivity contribution in [3.63, 3.8) is 0 Å². The van der Waals surface area contributed by atoms with Gasteiger partial charge in [0.2, 0.25) is 0 Å². The largest absolute Gasteiger partial charge is 0.496 e. The van der Waals surface area contributed by atoms with Gasteiger partial charge < -0.3 is 9.84 Å². The normalized spacial score (nSPS) is 13.7.